The molecule has 0 aromatic carbocycles. The van der Waals surface area contributed by atoms with Crippen LogP contribution < -0.4 is 0 Å². The fourth-order valence-corrected chi connectivity index (χ4v) is 3.49. The van der Waals surface area contributed by atoms with E-state index in [2.05, 4.69) is 22.0 Å². The summed E-state index contributed by atoms with van der Waals surface area (Å²) in [4.78, 5) is 0. The predicted octanol–water partition coefficient (Wildman–Crippen LogP) is 2.72. The zero-order chi connectivity index (χ0) is 13.8. The van der Waals surface area contributed by atoms with Crippen molar-refractivity contribution < 1.29 is 9.84 Å². The first-order chi connectivity index (χ1) is 9.83. The van der Waals surface area contributed by atoms with E-state index in [1.54, 1.807) is 0 Å². The van der Waals surface area contributed by atoms with Crippen molar-refractivity contribution >= 4 is 0 Å². The Bertz CT molecular complexity index is 406. The molecule has 1 aliphatic heterocycles. The minimum absolute atomic E-state index is 0.281. The number of hydrogen-bond acceptors (Lipinski definition) is 3. The van der Waals surface area contributed by atoms with Gasteiger partial charge in [-0.05, 0) is 31.7 Å². The van der Waals surface area contributed by atoms with Gasteiger partial charge in [-0.15, -0.1) is 0 Å². The van der Waals surface area contributed by atoms with Gasteiger partial charge in [-0.2, -0.15) is 5.10 Å². The SMILES string of the molecule is OC(Cc1ccn(C2CCCCC2)n1)C1CCCOC1. The lowest BCUT2D eigenvalue weighted by Crippen LogP contribution is -2.30. The molecule has 2 heterocycles. The molecule has 4 nitrogen and oxygen atoms in total. The van der Waals surface area contributed by atoms with E-state index in [9.17, 15) is 5.11 Å². The topological polar surface area (TPSA) is 47.3 Å². The largest absolute Gasteiger partial charge is 0.392 e. The van der Waals surface area contributed by atoms with Gasteiger partial charge in [0.05, 0.1) is 24.4 Å². The molecule has 1 saturated carbocycles. The van der Waals surface area contributed by atoms with E-state index in [-0.39, 0.29) is 12.0 Å². The van der Waals surface area contributed by atoms with Crippen LogP contribution >= 0.6 is 0 Å². The second-order valence-corrected chi connectivity index (χ2v) is 6.33. The lowest BCUT2D eigenvalue weighted by molar-refractivity contribution is -0.00885. The van der Waals surface area contributed by atoms with E-state index in [4.69, 9.17) is 4.74 Å². The van der Waals surface area contributed by atoms with Crippen molar-refractivity contribution in [1.29, 1.82) is 0 Å². The van der Waals surface area contributed by atoms with Gasteiger partial charge in [-0.1, -0.05) is 19.3 Å². The molecule has 3 rings (SSSR count). The van der Waals surface area contributed by atoms with Gasteiger partial charge in [0.25, 0.3) is 0 Å². The van der Waals surface area contributed by atoms with E-state index in [1.165, 1.54) is 32.1 Å². The zero-order valence-corrected chi connectivity index (χ0v) is 12.2. The minimum Gasteiger partial charge on any atom is -0.392 e. The molecule has 2 atom stereocenters. The lowest BCUT2D eigenvalue weighted by Gasteiger charge is -2.26. The van der Waals surface area contributed by atoms with Crippen LogP contribution in [0.25, 0.3) is 0 Å². The van der Waals surface area contributed by atoms with Crippen LogP contribution in [0.4, 0.5) is 0 Å². The number of nitrogens with zero attached hydrogens (tertiary/aromatic N) is 2. The molecule has 20 heavy (non-hydrogen) atoms. The molecule has 112 valence electrons. The fraction of sp³-hybridized carbons (Fsp3) is 0.812. The van der Waals surface area contributed by atoms with Crippen LogP contribution in [0.2, 0.25) is 0 Å². The van der Waals surface area contributed by atoms with E-state index in [0.29, 0.717) is 19.1 Å². The van der Waals surface area contributed by atoms with Crippen LogP contribution in [0.5, 0.6) is 0 Å². The maximum atomic E-state index is 10.3. The molecule has 1 aromatic heterocycles. The Kier molecular flexibility index (Phi) is 4.73. The summed E-state index contributed by atoms with van der Waals surface area (Å²) < 4.78 is 7.58. The summed E-state index contributed by atoms with van der Waals surface area (Å²) in [6.45, 7) is 1.55. The summed E-state index contributed by atoms with van der Waals surface area (Å²) in [6.07, 6.45) is 11.1. The monoisotopic (exact) mass is 278 g/mol. The highest BCUT2D eigenvalue weighted by Gasteiger charge is 2.23. The molecular weight excluding hydrogens is 252 g/mol. The van der Waals surface area contributed by atoms with Crippen molar-refractivity contribution in [3.05, 3.63) is 18.0 Å². The maximum Gasteiger partial charge on any atom is 0.0650 e. The van der Waals surface area contributed by atoms with Gasteiger partial charge >= 0.3 is 0 Å². The smallest absolute Gasteiger partial charge is 0.0650 e. The minimum atomic E-state index is -0.315. The first kappa shape index (κ1) is 14.1. The van der Waals surface area contributed by atoms with Gasteiger partial charge in [0.1, 0.15) is 0 Å². The van der Waals surface area contributed by atoms with Crippen LogP contribution in [-0.2, 0) is 11.2 Å². The Labute approximate surface area is 121 Å². The molecule has 2 fully saturated rings. The van der Waals surface area contributed by atoms with Gasteiger partial charge in [0, 0.05) is 25.1 Å². The number of aromatic nitrogens is 2. The Hall–Kier alpha value is -0.870. The van der Waals surface area contributed by atoms with Crippen LogP contribution in [-0.4, -0.2) is 34.2 Å². The normalized spacial score (nSPS) is 26.6. The highest BCUT2D eigenvalue weighted by Crippen LogP contribution is 2.27. The summed E-state index contributed by atoms with van der Waals surface area (Å²) in [5, 5.41) is 15.0. The van der Waals surface area contributed by atoms with Gasteiger partial charge < -0.3 is 9.84 Å². The molecule has 0 spiro atoms. The highest BCUT2D eigenvalue weighted by molar-refractivity contribution is 5.02. The molecular formula is C16H26N2O2. The standard InChI is InChI=1S/C16H26N2O2/c19-16(13-5-4-10-20-12-13)11-14-8-9-18(17-14)15-6-2-1-3-7-15/h8-9,13,15-16,19H,1-7,10-12H2. The van der Waals surface area contributed by atoms with E-state index < -0.39 is 0 Å². The van der Waals surface area contributed by atoms with Gasteiger partial charge in [-0.3, -0.25) is 4.68 Å². The predicted molar refractivity (Wildman–Crippen MR) is 77.6 cm³/mol. The Morgan fingerprint density at radius 1 is 1.25 bits per heavy atom. The number of aliphatic hydroxyl groups is 1. The molecule has 2 aliphatic rings. The van der Waals surface area contributed by atoms with Crippen molar-refractivity contribution in [3.8, 4) is 0 Å². The Balaban J connectivity index is 1.56. The lowest BCUT2D eigenvalue weighted by atomic mass is 9.93. The molecule has 4 heteroatoms. The highest BCUT2D eigenvalue weighted by atomic mass is 16.5. The van der Waals surface area contributed by atoms with Crippen molar-refractivity contribution in [2.75, 3.05) is 13.2 Å². The average Bonchev–Trinajstić information content (AvgIpc) is 2.97. The molecule has 0 amide bonds. The van der Waals surface area contributed by atoms with Gasteiger partial charge in [-0.25, -0.2) is 0 Å². The number of ether oxygens (including phenoxy) is 1. The van der Waals surface area contributed by atoms with Gasteiger partial charge in [0.15, 0.2) is 0 Å². The third-order valence-electron chi connectivity index (χ3n) is 4.77. The summed E-state index contributed by atoms with van der Waals surface area (Å²) in [5.41, 5.74) is 1.02. The Morgan fingerprint density at radius 2 is 2.10 bits per heavy atom. The van der Waals surface area contributed by atoms with Crippen LogP contribution in [0, 0.1) is 5.92 Å². The number of hydrogen-bond donors (Lipinski definition) is 1. The third kappa shape index (κ3) is 3.41. The maximum absolute atomic E-state index is 10.3. The molecule has 0 radical (unpaired) electrons. The van der Waals surface area contributed by atoms with E-state index in [1.807, 2.05) is 0 Å². The van der Waals surface area contributed by atoms with Crippen molar-refractivity contribution in [3.63, 3.8) is 0 Å². The first-order valence-corrected chi connectivity index (χ1v) is 8.13. The van der Waals surface area contributed by atoms with E-state index in [0.717, 1.165) is 25.1 Å². The number of aliphatic hydroxyl groups excluding tert-OH is 1. The van der Waals surface area contributed by atoms with E-state index >= 15 is 0 Å². The summed E-state index contributed by atoms with van der Waals surface area (Å²) in [5.74, 6) is 0.281. The van der Waals surface area contributed by atoms with Crippen LogP contribution in [0.1, 0.15) is 56.7 Å². The molecule has 1 N–H and O–H groups in total. The summed E-state index contributed by atoms with van der Waals surface area (Å²) in [6, 6.07) is 2.65. The molecule has 1 aromatic rings. The second kappa shape index (κ2) is 6.72. The summed E-state index contributed by atoms with van der Waals surface area (Å²) in [7, 11) is 0. The second-order valence-electron chi connectivity index (χ2n) is 6.33. The van der Waals surface area contributed by atoms with Gasteiger partial charge in [0.2, 0.25) is 0 Å². The average molecular weight is 278 g/mol. The zero-order valence-electron chi connectivity index (χ0n) is 12.2. The molecule has 1 aliphatic carbocycles. The number of rotatable bonds is 4. The molecule has 1 saturated heterocycles. The summed E-state index contributed by atoms with van der Waals surface area (Å²) >= 11 is 0. The van der Waals surface area contributed by atoms with Crippen molar-refractivity contribution in [2.24, 2.45) is 5.92 Å². The fourth-order valence-electron chi connectivity index (χ4n) is 3.49. The Morgan fingerprint density at radius 3 is 2.85 bits per heavy atom. The first-order valence-electron chi connectivity index (χ1n) is 8.13. The molecule has 0 bridgehead atoms. The van der Waals surface area contributed by atoms with Crippen LogP contribution in [0.15, 0.2) is 12.3 Å². The van der Waals surface area contributed by atoms with Crippen molar-refractivity contribution in [2.45, 2.75) is 63.5 Å². The quantitative estimate of drug-likeness (QED) is 0.921. The van der Waals surface area contributed by atoms with Crippen LogP contribution in [0.3, 0.4) is 0 Å². The molecule has 2 unspecified atom stereocenters. The third-order valence-corrected chi connectivity index (χ3v) is 4.77. The van der Waals surface area contributed by atoms with Crippen molar-refractivity contribution in [1.82, 2.24) is 9.78 Å².